The molecule has 26 heavy (non-hydrogen) atoms. The number of likely N-dealkylation sites (tertiary alicyclic amines) is 1. The lowest BCUT2D eigenvalue weighted by molar-refractivity contribution is -0.0257. The van der Waals surface area contributed by atoms with Gasteiger partial charge in [0.15, 0.2) is 0 Å². The lowest BCUT2D eigenvalue weighted by Crippen LogP contribution is -2.50. The molecule has 3 atom stereocenters. The molecule has 0 aromatic rings. The lowest BCUT2D eigenvalue weighted by atomic mass is 9.84. The number of hydrogen-bond acceptors (Lipinski definition) is 5. The molecule has 0 radical (unpaired) electrons. The van der Waals surface area contributed by atoms with Crippen LogP contribution < -0.4 is 5.32 Å². The summed E-state index contributed by atoms with van der Waals surface area (Å²) in [6, 6.07) is 0.216. The number of rotatable bonds is 7. The molecular formula is C20H38N2O4. The predicted molar refractivity (Wildman–Crippen MR) is 102 cm³/mol. The fourth-order valence-electron chi connectivity index (χ4n) is 4.02. The van der Waals surface area contributed by atoms with Crippen LogP contribution in [0.4, 0.5) is 4.79 Å². The average Bonchev–Trinajstić information content (AvgIpc) is 2.56. The molecule has 6 nitrogen and oxygen atoms in total. The third-order valence-corrected chi connectivity index (χ3v) is 5.21. The normalized spacial score (nSPS) is 27.9. The van der Waals surface area contributed by atoms with Crippen LogP contribution in [0.25, 0.3) is 0 Å². The number of nitrogens with zero attached hydrogens (tertiary/aromatic N) is 1. The van der Waals surface area contributed by atoms with Crippen molar-refractivity contribution < 1.29 is 19.0 Å². The van der Waals surface area contributed by atoms with E-state index in [0.717, 1.165) is 32.5 Å². The summed E-state index contributed by atoms with van der Waals surface area (Å²) in [5.41, 5.74) is -0.451. The molecule has 1 amide bonds. The van der Waals surface area contributed by atoms with Gasteiger partial charge in [0.25, 0.3) is 0 Å². The van der Waals surface area contributed by atoms with Crippen molar-refractivity contribution >= 4 is 6.09 Å². The highest BCUT2D eigenvalue weighted by atomic mass is 16.6. The minimum Gasteiger partial charge on any atom is -0.444 e. The largest absolute Gasteiger partial charge is 0.444 e. The Labute approximate surface area is 158 Å². The van der Waals surface area contributed by atoms with Crippen molar-refractivity contribution in [1.82, 2.24) is 10.2 Å². The predicted octanol–water partition coefficient (Wildman–Crippen LogP) is 3.20. The molecule has 0 unspecified atom stereocenters. The van der Waals surface area contributed by atoms with Gasteiger partial charge in [0, 0.05) is 26.2 Å². The Hall–Kier alpha value is -0.850. The number of methoxy groups -OCH3 is 1. The van der Waals surface area contributed by atoms with Gasteiger partial charge in [0.2, 0.25) is 0 Å². The first kappa shape index (κ1) is 21.5. The first-order valence-corrected chi connectivity index (χ1v) is 10.2. The van der Waals surface area contributed by atoms with Gasteiger partial charge >= 0.3 is 6.09 Å². The van der Waals surface area contributed by atoms with Crippen molar-refractivity contribution in [2.24, 2.45) is 5.92 Å². The number of nitrogens with one attached hydrogen (secondary N) is 1. The van der Waals surface area contributed by atoms with Gasteiger partial charge in [-0.3, -0.25) is 0 Å². The summed E-state index contributed by atoms with van der Waals surface area (Å²) in [6.45, 7) is 10.2. The van der Waals surface area contributed by atoms with E-state index in [1.807, 2.05) is 20.8 Å². The molecule has 0 bridgehead atoms. The van der Waals surface area contributed by atoms with Crippen molar-refractivity contribution in [1.29, 1.82) is 0 Å². The molecule has 1 saturated carbocycles. The van der Waals surface area contributed by atoms with Gasteiger partial charge in [-0.25, -0.2) is 4.79 Å². The first-order chi connectivity index (χ1) is 12.4. The van der Waals surface area contributed by atoms with Crippen molar-refractivity contribution in [3.05, 3.63) is 0 Å². The smallest absolute Gasteiger partial charge is 0.407 e. The minimum absolute atomic E-state index is 0.216. The van der Waals surface area contributed by atoms with E-state index in [1.165, 1.54) is 25.7 Å². The zero-order chi connectivity index (χ0) is 19.0. The van der Waals surface area contributed by atoms with Gasteiger partial charge in [-0.2, -0.15) is 0 Å². The maximum atomic E-state index is 12.2. The molecule has 1 aliphatic heterocycles. The molecule has 2 rings (SSSR count). The fraction of sp³-hybridized carbons (Fsp3) is 0.950. The Morgan fingerprint density at radius 2 is 1.88 bits per heavy atom. The van der Waals surface area contributed by atoms with E-state index in [2.05, 4.69) is 10.2 Å². The van der Waals surface area contributed by atoms with Crippen LogP contribution in [0.3, 0.4) is 0 Å². The van der Waals surface area contributed by atoms with E-state index in [4.69, 9.17) is 14.2 Å². The van der Waals surface area contributed by atoms with Crippen LogP contribution in [0.5, 0.6) is 0 Å². The molecule has 6 heteroatoms. The molecule has 1 heterocycles. The lowest BCUT2D eigenvalue weighted by Gasteiger charge is -2.39. The Morgan fingerprint density at radius 1 is 1.12 bits per heavy atom. The zero-order valence-electron chi connectivity index (χ0n) is 17.1. The van der Waals surface area contributed by atoms with Gasteiger partial charge in [-0.05, 0) is 58.9 Å². The number of amides is 1. The number of piperidine rings is 1. The Bertz CT molecular complexity index is 425. The molecule has 2 aliphatic rings. The van der Waals surface area contributed by atoms with Crippen LogP contribution in [0.15, 0.2) is 0 Å². The van der Waals surface area contributed by atoms with Gasteiger partial charge in [-0.15, -0.1) is 0 Å². The summed E-state index contributed by atoms with van der Waals surface area (Å²) in [5.74, 6) is 0.494. The molecule has 0 spiro atoms. The van der Waals surface area contributed by atoms with Crippen LogP contribution in [0, 0.1) is 5.92 Å². The number of carbonyl (C=O) groups is 1. The maximum absolute atomic E-state index is 12.2. The van der Waals surface area contributed by atoms with Crippen LogP contribution in [-0.4, -0.2) is 68.7 Å². The number of ether oxygens (including phenoxy) is 3. The second kappa shape index (κ2) is 10.5. The third kappa shape index (κ3) is 7.80. The monoisotopic (exact) mass is 370 g/mol. The summed E-state index contributed by atoms with van der Waals surface area (Å²) in [4.78, 5) is 14.7. The van der Waals surface area contributed by atoms with Gasteiger partial charge < -0.3 is 24.4 Å². The summed E-state index contributed by atoms with van der Waals surface area (Å²) in [6.07, 6.45) is 6.98. The van der Waals surface area contributed by atoms with Gasteiger partial charge in [0.05, 0.1) is 19.3 Å². The summed E-state index contributed by atoms with van der Waals surface area (Å²) < 4.78 is 16.5. The summed E-state index contributed by atoms with van der Waals surface area (Å²) >= 11 is 0. The van der Waals surface area contributed by atoms with Crippen LogP contribution in [0.2, 0.25) is 0 Å². The Kier molecular flexibility index (Phi) is 8.64. The molecule has 152 valence electrons. The highest BCUT2D eigenvalue weighted by Gasteiger charge is 2.31. The Morgan fingerprint density at radius 3 is 2.62 bits per heavy atom. The van der Waals surface area contributed by atoms with Crippen molar-refractivity contribution in [2.75, 3.05) is 40.0 Å². The second-order valence-electron chi connectivity index (χ2n) is 8.68. The number of alkyl carbamates (subject to hydrolysis) is 1. The molecular weight excluding hydrogens is 332 g/mol. The van der Waals surface area contributed by atoms with Gasteiger partial charge in [-0.1, -0.05) is 12.8 Å². The molecule has 1 saturated heterocycles. The zero-order valence-corrected chi connectivity index (χ0v) is 17.1. The standard InChI is InChI=1S/C20H38N2O4/c1-20(2,3)26-19(23)21-18-10-6-5-8-16(18)14-22-11-7-9-17(15-22)25-13-12-24-4/h16-18H,5-15H2,1-4H3,(H,21,23)/t16-,17+,18+/m0/s1. The van der Waals surface area contributed by atoms with Crippen molar-refractivity contribution in [3.63, 3.8) is 0 Å². The summed E-state index contributed by atoms with van der Waals surface area (Å²) in [5, 5.41) is 3.13. The highest BCUT2D eigenvalue weighted by Crippen LogP contribution is 2.27. The molecule has 2 fully saturated rings. The van der Waals surface area contributed by atoms with Crippen molar-refractivity contribution in [3.8, 4) is 0 Å². The van der Waals surface area contributed by atoms with E-state index in [-0.39, 0.29) is 12.1 Å². The van der Waals surface area contributed by atoms with E-state index in [0.29, 0.717) is 25.2 Å². The molecule has 0 aromatic heterocycles. The minimum atomic E-state index is -0.451. The van der Waals surface area contributed by atoms with E-state index in [9.17, 15) is 4.79 Å². The maximum Gasteiger partial charge on any atom is 0.407 e. The first-order valence-electron chi connectivity index (χ1n) is 10.2. The fourth-order valence-corrected chi connectivity index (χ4v) is 4.02. The van der Waals surface area contributed by atoms with E-state index < -0.39 is 5.60 Å². The topological polar surface area (TPSA) is 60.0 Å². The number of carbonyl (C=O) groups excluding carboxylic acids is 1. The molecule has 1 aliphatic carbocycles. The molecule has 0 aromatic carbocycles. The van der Waals surface area contributed by atoms with E-state index in [1.54, 1.807) is 7.11 Å². The van der Waals surface area contributed by atoms with Crippen LogP contribution in [0.1, 0.15) is 59.3 Å². The van der Waals surface area contributed by atoms with Crippen LogP contribution in [-0.2, 0) is 14.2 Å². The van der Waals surface area contributed by atoms with Crippen LogP contribution >= 0.6 is 0 Å². The van der Waals surface area contributed by atoms with Gasteiger partial charge in [0.1, 0.15) is 5.60 Å². The Balaban J connectivity index is 1.82. The quantitative estimate of drug-likeness (QED) is 0.698. The van der Waals surface area contributed by atoms with E-state index >= 15 is 0 Å². The SMILES string of the molecule is COCCO[C@@H]1CCCN(C[C@@H]2CCCC[C@H]2NC(=O)OC(C)(C)C)C1. The second-order valence-corrected chi connectivity index (χ2v) is 8.68. The number of hydrogen-bond donors (Lipinski definition) is 1. The third-order valence-electron chi connectivity index (χ3n) is 5.21. The molecule has 1 N–H and O–H groups in total. The average molecular weight is 371 g/mol. The van der Waals surface area contributed by atoms with Crippen molar-refractivity contribution in [2.45, 2.75) is 77.0 Å². The summed E-state index contributed by atoms with van der Waals surface area (Å²) in [7, 11) is 1.71. The highest BCUT2D eigenvalue weighted by molar-refractivity contribution is 5.68.